The molecule has 0 aliphatic carbocycles. The molecule has 0 unspecified atom stereocenters. The summed E-state index contributed by atoms with van der Waals surface area (Å²) in [4.78, 5) is 31.8. The van der Waals surface area contributed by atoms with E-state index in [0.717, 1.165) is 0 Å². The van der Waals surface area contributed by atoms with Crippen LogP contribution in [0.2, 0.25) is 0 Å². The Hall–Kier alpha value is -0.527. The fourth-order valence-corrected chi connectivity index (χ4v) is 3.37. The molecule has 0 fully saturated rings. The molecule has 0 spiro atoms. The van der Waals surface area contributed by atoms with E-state index in [1.165, 1.54) is 56.4 Å². The Morgan fingerprint density at radius 3 is 1.67 bits per heavy atom. The summed E-state index contributed by atoms with van der Waals surface area (Å²) in [5.74, 6) is -0.608. The Kier molecular flexibility index (Phi) is 37.1. The fraction of sp³-hybridized carbons (Fsp3) is 0.238. The van der Waals surface area contributed by atoms with Gasteiger partial charge >= 0.3 is 103 Å². The summed E-state index contributed by atoms with van der Waals surface area (Å²) < 4.78 is 48.7. The van der Waals surface area contributed by atoms with Crippen molar-refractivity contribution >= 4 is 54.3 Å². The third kappa shape index (κ3) is 28.3. The molecule has 7 N–H and O–H groups in total. The second-order valence-corrected chi connectivity index (χ2v) is 9.81. The molecule has 0 aliphatic rings. The zero-order valence-corrected chi connectivity index (χ0v) is 32.9. The number of nitrogens with one attached hydrogen (secondary N) is 2. The molecule has 0 heterocycles. The number of hydrogen-bond donors (Lipinski definition) is 5. The Morgan fingerprint density at radius 1 is 1.00 bits per heavy atom. The SMILES string of the molecule is CC#N.CNC(=O)CBr.CNC(=O)COc1ccccc1S(N)(=O)=O.NS(=O)(=O)c1ccccc1O.O=CO[O-].[H-].[K+].[K+]. The zero-order chi connectivity index (χ0) is 31.8. The first kappa shape index (κ1) is 51.1. The normalized spacial score (nSPS) is 8.90. The molecule has 2 aromatic rings. The Labute approximate surface area is 339 Å². The summed E-state index contributed by atoms with van der Waals surface area (Å²) in [5, 5.41) is 39.7. The van der Waals surface area contributed by atoms with E-state index < -0.39 is 20.0 Å². The number of phenols is 1. The van der Waals surface area contributed by atoms with Gasteiger partial charge in [0.2, 0.25) is 26.0 Å². The van der Waals surface area contributed by atoms with Gasteiger partial charge in [-0.1, -0.05) is 40.2 Å². The molecule has 0 saturated heterocycles. The monoisotopic (exact) mass is 749 g/mol. The van der Waals surface area contributed by atoms with Crippen molar-refractivity contribution in [3.8, 4) is 17.6 Å². The second kappa shape index (κ2) is 30.5. The van der Waals surface area contributed by atoms with E-state index in [9.17, 15) is 26.4 Å². The van der Waals surface area contributed by atoms with Gasteiger partial charge in [-0.15, -0.1) is 0 Å². The minimum Gasteiger partial charge on any atom is -1.00 e. The van der Waals surface area contributed by atoms with Crippen LogP contribution in [0.3, 0.4) is 0 Å². The van der Waals surface area contributed by atoms with E-state index in [0.29, 0.717) is 5.33 Å². The molecular formula is C21H30BrK2N5O11S2. The average Bonchev–Trinajstić information content (AvgIpc) is 2.91. The van der Waals surface area contributed by atoms with Crippen molar-refractivity contribution in [2.24, 2.45) is 10.3 Å². The van der Waals surface area contributed by atoms with Gasteiger partial charge in [0, 0.05) is 21.0 Å². The third-order valence-corrected chi connectivity index (χ3v) is 5.82. The van der Waals surface area contributed by atoms with Crippen LogP contribution in [0.15, 0.2) is 58.3 Å². The van der Waals surface area contributed by atoms with Crippen molar-refractivity contribution in [3.05, 3.63) is 48.5 Å². The van der Waals surface area contributed by atoms with Crippen molar-refractivity contribution in [1.82, 2.24) is 10.6 Å². The van der Waals surface area contributed by atoms with Crippen LogP contribution in [0.4, 0.5) is 0 Å². The molecule has 0 aromatic heterocycles. The number of nitriles is 1. The summed E-state index contributed by atoms with van der Waals surface area (Å²) in [7, 11) is -4.57. The number of carbonyl (C=O) groups excluding carboxylic acids is 3. The Morgan fingerprint density at radius 2 is 1.38 bits per heavy atom. The van der Waals surface area contributed by atoms with Gasteiger partial charge < -0.3 is 32.0 Å². The number of hydrogen-bond acceptors (Lipinski definition) is 12. The first-order chi connectivity index (χ1) is 18.6. The van der Waals surface area contributed by atoms with Crippen LogP contribution < -0.4 is 134 Å². The van der Waals surface area contributed by atoms with Crippen LogP contribution in [-0.2, 0) is 39.3 Å². The molecule has 42 heavy (non-hydrogen) atoms. The standard InChI is InChI=1S/C9H12N2O4S.C6H7NO3S.C3H6BrNO.C2H3N.CH2O3.2K.H/c1-11-9(12)6-15-7-4-2-3-5-8(7)16(10,13)14;7-11(9,10)6-4-2-1-3-5(6)8;1-5-3(6)2-4;1-2-3;2-1-4-3;;;/h2-5H,6H2,1H3,(H,11,12)(H2,10,13,14);1-4,8H,(H2,7,9,10);2H2,1H3,(H,5,6);1H3;1,3H;;;/q;;;;;2*+1;-1/p-1. The van der Waals surface area contributed by atoms with Gasteiger partial charge in [0.05, 0.1) is 11.4 Å². The number of carbonyl (C=O) groups is 3. The smallest absolute Gasteiger partial charge is 1.00 e. The molecular weight excluding hydrogens is 720 g/mol. The summed E-state index contributed by atoms with van der Waals surface area (Å²) in [6.07, 6.45) is 0. The summed E-state index contributed by atoms with van der Waals surface area (Å²) in [6, 6.07) is 13.1. The molecule has 2 amide bonds. The molecule has 0 bridgehead atoms. The van der Waals surface area contributed by atoms with Crippen molar-refractivity contribution in [1.29, 1.82) is 5.26 Å². The van der Waals surface area contributed by atoms with Gasteiger partial charge in [-0.2, -0.15) is 5.26 Å². The number of halogens is 1. The summed E-state index contributed by atoms with van der Waals surface area (Å²) in [5.41, 5.74) is 0. The molecule has 16 nitrogen and oxygen atoms in total. The number of nitrogens with two attached hydrogens (primary N) is 2. The molecule has 21 heteroatoms. The van der Waals surface area contributed by atoms with Gasteiger partial charge in [-0.05, 0) is 24.3 Å². The topological polar surface area (TPSA) is 281 Å². The predicted octanol–water partition coefficient (Wildman–Crippen LogP) is -7.29. The van der Waals surface area contributed by atoms with Crippen molar-refractivity contribution in [2.45, 2.75) is 16.7 Å². The first-order valence-electron chi connectivity index (χ1n) is 10.2. The number of rotatable bonds is 7. The maximum atomic E-state index is 11.2. The van der Waals surface area contributed by atoms with Crippen LogP contribution in [0.1, 0.15) is 8.35 Å². The summed E-state index contributed by atoms with van der Waals surface area (Å²) in [6.45, 7) is 0.989. The van der Waals surface area contributed by atoms with Crippen LogP contribution in [0, 0.1) is 11.3 Å². The molecule has 0 aliphatic heterocycles. The maximum absolute atomic E-state index is 11.2. The van der Waals surface area contributed by atoms with Crippen LogP contribution in [0.5, 0.6) is 11.5 Å². The van der Waals surface area contributed by atoms with Gasteiger partial charge in [0.25, 0.3) is 12.4 Å². The van der Waals surface area contributed by atoms with E-state index >= 15 is 0 Å². The van der Waals surface area contributed by atoms with Crippen LogP contribution in [0.25, 0.3) is 0 Å². The van der Waals surface area contributed by atoms with Crippen molar-refractivity contribution in [2.75, 3.05) is 26.0 Å². The van der Waals surface area contributed by atoms with E-state index in [1.807, 2.05) is 0 Å². The van der Waals surface area contributed by atoms with Crippen LogP contribution >= 0.6 is 15.9 Å². The van der Waals surface area contributed by atoms with E-state index in [-0.39, 0.29) is 150 Å². The van der Waals surface area contributed by atoms with E-state index in [1.54, 1.807) is 19.2 Å². The number of nitrogens with zero attached hydrogens (tertiary/aromatic N) is 1. The predicted molar refractivity (Wildman–Crippen MR) is 144 cm³/mol. The Balaban J connectivity index is -0.000000111. The number of benzene rings is 2. The number of sulfonamides is 2. The zero-order valence-electron chi connectivity index (χ0n) is 24.4. The van der Waals surface area contributed by atoms with Gasteiger partial charge in [0.1, 0.15) is 21.3 Å². The van der Waals surface area contributed by atoms with Gasteiger partial charge in [0.15, 0.2) is 6.61 Å². The van der Waals surface area contributed by atoms with E-state index in [2.05, 4.69) is 31.5 Å². The fourth-order valence-electron chi connectivity index (χ4n) is 1.78. The van der Waals surface area contributed by atoms with Gasteiger partial charge in [-0.3, -0.25) is 14.4 Å². The molecule has 2 rings (SSSR count). The minimum absolute atomic E-state index is 0. The number of phenolic OH excluding ortho intramolecular Hbond substituents is 1. The number of para-hydroxylation sites is 2. The van der Waals surface area contributed by atoms with Gasteiger partial charge in [-0.25, -0.2) is 27.1 Å². The van der Waals surface area contributed by atoms with Crippen molar-refractivity contribution < 1.29 is 155 Å². The summed E-state index contributed by atoms with van der Waals surface area (Å²) >= 11 is 2.96. The molecule has 0 radical (unpaired) electrons. The van der Waals surface area contributed by atoms with Crippen LogP contribution in [-0.4, -0.2) is 66.3 Å². The molecule has 226 valence electrons. The molecule has 0 atom stereocenters. The number of alkyl halides is 1. The maximum Gasteiger partial charge on any atom is 1.00 e. The number of primary sulfonamides is 2. The number of ether oxygens (including phenoxy) is 1. The van der Waals surface area contributed by atoms with E-state index in [4.69, 9.17) is 35.4 Å². The largest absolute Gasteiger partial charge is 1.00 e. The molecule has 0 saturated carbocycles. The quantitative estimate of drug-likeness (QED) is 0.0581. The minimum atomic E-state index is -3.84. The number of amides is 2. The second-order valence-electron chi connectivity index (χ2n) is 6.19. The third-order valence-electron chi connectivity index (χ3n) is 3.40. The molecule has 2 aromatic carbocycles. The Bertz CT molecular complexity index is 1310. The average molecular weight is 751 g/mol. The first-order valence-corrected chi connectivity index (χ1v) is 14.4. The van der Waals surface area contributed by atoms with Crippen molar-refractivity contribution in [3.63, 3.8) is 0 Å². The number of aromatic hydroxyl groups is 1. The number of likely N-dealkylation sites (N-methyl/N-ethyl adjacent to an activating group) is 1.